The molecule has 0 aliphatic heterocycles. The summed E-state index contributed by atoms with van der Waals surface area (Å²) in [5, 5.41) is 0. The number of hydrogen-bond donors (Lipinski definition) is 0. The zero-order valence-corrected chi connectivity index (χ0v) is 12.5. The molecule has 0 saturated heterocycles. The minimum atomic E-state index is -0.177. The van der Waals surface area contributed by atoms with Crippen molar-refractivity contribution in [1.29, 1.82) is 0 Å². The summed E-state index contributed by atoms with van der Waals surface area (Å²) in [5.74, 6) is -0.177. The van der Waals surface area contributed by atoms with Gasteiger partial charge in [0, 0.05) is 5.57 Å². The molecular weight excluding hydrogens is 305 g/mol. The number of ether oxygens (including phenoxy) is 1. The lowest BCUT2D eigenvalue weighted by atomic mass is 10.2. The second-order valence-electron chi connectivity index (χ2n) is 4.32. The highest BCUT2D eigenvalue weighted by Crippen LogP contribution is 2.03. The van der Waals surface area contributed by atoms with E-state index in [0.29, 0.717) is 6.61 Å². The number of quaternary nitrogens is 1. The molecule has 0 fully saturated rings. The highest BCUT2D eigenvalue weighted by atomic mass is 127. The summed E-state index contributed by atoms with van der Waals surface area (Å²) in [4.78, 5) is 11.4. The topological polar surface area (TPSA) is 26.3 Å². The molecule has 3 nitrogen and oxygen atoms in total. The number of esters is 1. The van der Waals surface area contributed by atoms with Crippen LogP contribution in [-0.4, -0.2) is 44.7 Å². The molecule has 0 aromatic heterocycles. The van der Waals surface area contributed by atoms with Gasteiger partial charge in [0.2, 0.25) is 0 Å². The molecule has 0 N–H and O–H groups in total. The first-order chi connectivity index (χ1) is 6.40. The van der Waals surface area contributed by atoms with Gasteiger partial charge in [0.25, 0.3) is 0 Å². The lowest BCUT2D eigenvalue weighted by Crippen LogP contribution is -3.00. The van der Waals surface area contributed by atoms with E-state index >= 15 is 0 Å². The number of halogens is 1. The Kier molecular flexibility index (Phi) is 9.34. The van der Waals surface area contributed by atoms with Crippen LogP contribution in [0.5, 0.6) is 0 Å². The maximum absolute atomic E-state index is 11.4. The summed E-state index contributed by atoms with van der Waals surface area (Å²) in [6.07, 6.45) is 2.55. The van der Waals surface area contributed by atoms with Crippen molar-refractivity contribution in [2.24, 2.45) is 0 Å². The minimum absolute atomic E-state index is 0. The van der Waals surface area contributed by atoms with Crippen LogP contribution < -0.4 is 24.0 Å². The fraction of sp³-hybridized carbons (Fsp3) is 0.727. The molecule has 0 atom stereocenters. The van der Waals surface area contributed by atoms with E-state index in [0.717, 1.165) is 23.0 Å². The van der Waals surface area contributed by atoms with Gasteiger partial charge < -0.3 is 33.2 Å². The second kappa shape index (κ2) is 8.10. The third kappa shape index (κ3) is 8.87. The van der Waals surface area contributed by atoms with Crippen LogP contribution in [0.1, 0.15) is 20.3 Å². The van der Waals surface area contributed by atoms with Crippen LogP contribution in [-0.2, 0) is 9.53 Å². The summed E-state index contributed by atoms with van der Waals surface area (Å²) in [5.41, 5.74) is 0.756. The molecule has 0 amide bonds. The number of carbonyl (C=O) groups excluding carboxylic acids is 1. The Bertz CT molecular complexity index is 219. The Labute approximate surface area is 110 Å². The Hall–Kier alpha value is -0.100. The lowest BCUT2D eigenvalue weighted by molar-refractivity contribution is -0.870. The van der Waals surface area contributed by atoms with Crippen LogP contribution in [0, 0.1) is 0 Å². The highest BCUT2D eigenvalue weighted by Gasteiger charge is 2.11. The predicted molar refractivity (Wildman–Crippen MR) is 57.9 cm³/mol. The van der Waals surface area contributed by atoms with Gasteiger partial charge in [-0.1, -0.05) is 13.0 Å². The molecule has 0 spiro atoms. The van der Waals surface area contributed by atoms with Crippen LogP contribution in [0.3, 0.4) is 0 Å². The number of rotatable bonds is 5. The van der Waals surface area contributed by atoms with Crippen molar-refractivity contribution in [3.05, 3.63) is 11.6 Å². The molecule has 0 aromatic carbocycles. The monoisotopic (exact) mass is 327 g/mol. The van der Waals surface area contributed by atoms with E-state index in [1.165, 1.54) is 0 Å². The smallest absolute Gasteiger partial charge is 0.333 e. The maximum Gasteiger partial charge on any atom is 0.333 e. The van der Waals surface area contributed by atoms with Crippen molar-refractivity contribution in [3.8, 4) is 0 Å². The number of nitrogens with zero attached hydrogens (tertiary/aromatic N) is 1. The van der Waals surface area contributed by atoms with Crippen LogP contribution in [0.2, 0.25) is 0 Å². The summed E-state index contributed by atoms with van der Waals surface area (Å²) in [7, 11) is 6.22. The predicted octanol–water partition coefficient (Wildman–Crippen LogP) is -1.40. The fourth-order valence-electron chi connectivity index (χ4n) is 0.971. The molecule has 0 rings (SSSR count). The van der Waals surface area contributed by atoms with Crippen molar-refractivity contribution < 1.29 is 38.0 Å². The molecule has 0 radical (unpaired) electrons. The van der Waals surface area contributed by atoms with E-state index in [2.05, 4.69) is 21.1 Å². The fourth-order valence-corrected chi connectivity index (χ4v) is 0.971. The number of likely N-dealkylation sites (N-methyl/N-ethyl adjacent to an activating group) is 1. The van der Waals surface area contributed by atoms with Gasteiger partial charge in [0.1, 0.15) is 13.2 Å². The molecule has 0 bridgehead atoms. The van der Waals surface area contributed by atoms with Crippen molar-refractivity contribution >= 4 is 5.97 Å². The van der Waals surface area contributed by atoms with Crippen molar-refractivity contribution in [1.82, 2.24) is 0 Å². The van der Waals surface area contributed by atoms with Gasteiger partial charge in [-0.2, -0.15) is 0 Å². The number of hydrogen-bond acceptors (Lipinski definition) is 2. The van der Waals surface area contributed by atoms with Crippen LogP contribution in [0.4, 0.5) is 0 Å². The third-order valence-corrected chi connectivity index (χ3v) is 1.99. The van der Waals surface area contributed by atoms with Gasteiger partial charge in [-0.3, -0.25) is 0 Å². The Morgan fingerprint density at radius 1 is 1.33 bits per heavy atom. The normalized spacial score (nSPS) is 11.9. The Balaban J connectivity index is 0. The molecular formula is C11H22INO2. The van der Waals surface area contributed by atoms with Crippen molar-refractivity contribution in [2.45, 2.75) is 20.3 Å². The lowest BCUT2D eigenvalue weighted by Gasteiger charge is -2.23. The molecule has 0 aliphatic rings. The van der Waals surface area contributed by atoms with Gasteiger partial charge in [0.05, 0.1) is 21.1 Å². The highest BCUT2D eigenvalue weighted by molar-refractivity contribution is 5.88. The molecule has 4 heteroatoms. The first-order valence-electron chi connectivity index (χ1n) is 5.03. The van der Waals surface area contributed by atoms with Crippen LogP contribution in [0.25, 0.3) is 0 Å². The van der Waals surface area contributed by atoms with Crippen molar-refractivity contribution in [3.63, 3.8) is 0 Å². The summed E-state index contributed by atoms with van der Waals surface area (Å²) in [6, 6.07) is 0. The largest absolute Gasteiger partial charge is 1.00 e. The molecule has 0 unspecified atom stereocenters. The van der Waals surface area contributed by atoms with Crippen LogP contribution >= 0.6 is 0 Å². The van der Waals surface area contributed by atoms with Gasteiger partial charge in [-0.05, 0) is 13.3 Å². The first kappa shape index (κ1) is 17.3. The second-order valence-corrected chi connectivity index (χ2v) is 4.32. The van der Waals surface area contributed by atoms with E-state index in [-0.39, 0.29) is 29.9 Å². The molecule has 0 saturated carbocycles. The van der Waals surface area contributed by atoms with Gasteiger partial charge in [-0.15, -0.1) is 0 Å². The Morgan fingerprint density at radius 2 is 1.87 bits per heavy atom. The van der Waals surface area contributed by atoms with Gasteiger partial charge in [0.15, 0.2) is 0 Å². The maximum atomic E-state index is 11.4. The zero-order valence-electron chi connectivity index (χ0n) is 10.3. The van der Waals surface area contributed by atoms with Gasteiger partial charge >= 0.3 is 5.97 Å². The number of carbonyl (C=O) groups is 1. The molecule has 0 heterocycles. The van der Waals surface area contributed by atoms with Crippen LogP contribution in [0.15, 0.2) is 11.6 Å². The average molecular weight is 327 g/mol. The molecule has 0 aliphatic carbocycles. The third-order valence-electron chi connectivity index (χ3n) is 1.99. The van der Waals surface area contributed by atoms with E-state index in [9.17, 15) is 4.79 Å². The SMILES string of the molecule is C/C=C(\CC)C(=O)OCC[N+](C)(C)C.[I-]. The standard InChI is InChI=1S/C11H22NO2.HI/c1-6-10(7-2)11(13)14-9-8-12(3,4)5;/h6H,7-9H2,1-5H3;1H/q+1;/p-1/b10-6+;. The van der Waals surface area contributed by atoms with Gasteiger partial charge in [-0.25, -0.2) is 4.79 Å². The minimum Gasteiger partial charge on any atom is -1.00 e. The Morgan fingerprint density at radius 3 is 2.20 bits per heavy atom. The van der Waals surface area contributed by atoms with Crippen molar-refractivity contribution in [2.75, 3.05) is 34.3 Å². The summed E-state index contributed by atoms with van der Waals surface area (Å²) >= 11 is 0. The summed E-state index contributed by atoms with van der Waals surface area (Å²) in [6.45, 7) is 5.14. The number of allylic oxidation sites excluding steroid dienone is 1. The first-order valence-corrected chi connectivity index (χ1v) is 5.03. The zero-order chi connectivity index (χ0) is 11.2. The van der Waals surface area contributed by atoms with E-state index in [4.69, 9.17) is 4.74 Å². The molecule has 90 valence electrons. The quantitative estimate of drug-likeness (QED) is 0.269. The van der Waals surface area contributed by atoms with E-state index in [1.54, 1.807) is 0 Å². The molecule has 0 aromatic rings. The van der Waals surface area contributed by atoms with E-state index < -0.39 is 0 Å². The molecule has 15 heavy (non-hydrogen) atoms. The summed E-state index contributed by atoms with van der Waals surface area (Å²) < 4.78 is 5.95. The average Bonchev–Trinajstić information content (AvgIpc) is 2.04. The van der Waals surface area contributed by atoms with E-state index in [1.807, 2.05) is 19.9 Å².